The summed E-state index contributed by atoms with van der Waals surface area (Å²) in [5.41, 5.74) is 0.905. The predicted octanol–water partition coefficient (Wildman–Crippen LogP) is -0.159. The third kappa shape index (κ3) is 7.23. The van der Waals surface area contributed by atoms with E-state index in [0.29, 0.717) is 13.0 Å². The smallest absolute Gasteiger partial charge is 0.333 e. The fourth-order valence-electron chi connectivity index (χ4n) is 3.12. The van der Waals surface area contributed by atoms with Gasteiger partial charge in [-0.05, 0) is 12.0 Å². The molecule has 11 nitrogen and oxygen atoms in total. The third-order valence-corrected chi connectivity index (χ3v) is 4.78. The number of hydrogen-bond donors (Lipinski definition) is 3. The Morgan fingerprint density at radius 2 is 1.90 bits per heavy atom. The molecule has 1 fully saturated rings. The summed E-state index contributed by atoms with van der Waals surface area (Å²) in [6.45, 7) is 0.612. The summed E-state index contributed by atoms with van der Waals surface area (Å²) in [6, 6.07) is 7.63. The number of likely N-dealkylation sites (N-methyl/N-ethyl adjacent to an activating group) is 1. The van der Waals surface area contributed by atoms with Gasteiger partial charge in [-0.3, -0.25) is 14.4 Å². The minimum Gasteiger partial charge on any atom is -0.481 e. The molecular weight excluding hydrogens is 406 g/mol. The van der Waals surface area contributed by atoms with Crippen LogP contribution in [0.15, 0.2) is 30.3 Å². The highest BCUT2D eigenvalue weighted by Gasteiger charge is 2.39. The Hall–Kier alpha value is -3.18. The van der Waals surface area contributed by atoms with E-state index >= 15 is 0 Å². The van der Waals surface area contributed by atoms with Crippen molar-refractivity contribution in [1.82, 2.24) is 25.6 Å². The molecule has 11 heteroatoms. The Labute approximate surface area is 180 Å². The monoisotopic (exact) mass is 435 g/mol. The quantitative estimate of drug-likeness (QED) is 0.435. The normalized spacial score (nSPS) is 15.5. The van der Waals surface area contributed by atoms with Crippen LogP contribution in [0.3, 0.4) is 0 Å². The first-order valence-corrected chi connectivity index (χ1v) is 9.91. The Morgan fingerprint density at radius 1 is 1.19 bits per heavy atom. The second-order valence-corrected chi connectivity index (χ2v) is 7.12. The van der Waals surface area contributed by atoms with Crippen LogP contribution in [0.5, 0.6) is 0 Å². The molecule has 1 atom stereocenters. The first kappa shape index (κ1) is 24.1. The van der Waals surface area contributed by atoms with E-state index in [9.17, 15) is 24.3 Å². The van der Waals surface area contributed by atoms with E-state index in [1.807, 2.05) is 30.3 Å². The highest BCUT2D eigenvalue weighted by atomic mass is 16.5. The lowest BCUT2D eigenvalue weighted by Gasteiger charge is -2.43. The standard InChI is InChI=1S/C20H29N5O6/c1-23-13-17(26)24(16(11-18(27)28)19(29)21-9-6-10-31-2)14-25(23)20(30)22-12-15-7-4-3-5-8-15/h3-5,7-8,16H,6,9-14H2,1-2H3,(H,21,29)(H,22,30)(H,27,28)/t16-/m0/s1. The Morgan fingerprint density at radius 3 is 2.55 bits per heavy atom. The van der Waals surface area contributed by atoms with E-state index < -0.39 is 36.3 Å². The van der Waals surface area contributed by atoms with Gasteiger partial charge in [0.1, 0.15) is 12.7 Å². The van der Waals surface area contributed by atoms with Crippen molar-refractivity contribution in [2.24, 2.45) is 0 Å². The van der Waals surface area contributed by atoms with Gasteiger partial charge in [-0.1, -0.05) is 30.3 Å². The molecule has 0 spiro atoms. The van der Waals surface area contributed by atoms with Crippen molar-refractivity contribution in [3.63, 3.8) is 0 Å². The van der Waals surface area contributed by atoms with E-state index in [4.69, 9.17) is 4.74 Å². The second-order valence-electron chi connectivity index (χ2n) is 7.12. The molecule has 31 heavy (non-hydrogen) atoms. The minimum atomic E-state index is -1.23. The number of amides is 4. The molecule has 0 radical (unpaired) electrons. The number of hydrazine groups is 1. The van der Waals surface area contributed by atoms with Gasteiger partial charge in [0.15, 0.2) is 0 Å². The maximum Gasteiger partial charge on any atom is 0.333 e. The van der Waals surface area contributed by atoms with Crippen LogP contribution in [0, 0.1) is 0 Å². The van der Waals surface area contributed by atoms with Gasteiger partial charge in [-0.25, -0.2) is 14.8 Å². The van der Waals surface area contributed by atoms with Gasteiger partial charge in [-0.2, -0.15) is 0 Å². The Bertz CT molecular complexity index is 775. The van der Waals surface area contributed by atoms with Gasteiger partial charge >= 0.3 is 12.0 Å². The summed E-state index contributed by atoms with van der Waals surface area (Å²) in [5.74, 6) is -2.24. The first-order chi connectivity index (χ1) is 14.8. The largest absolute Gasteiger partial charge is 0.481 e. The molecule has 3 N–H and O–H groups in total. The number of nitrogens with zero attached hydrogens (tertiary/aromatic N) is 3. The molecule has 0 aromatic heterocycles. The number of rotatable bonds is 10. The van der Waals surface area contributed by atoms with Crippen LogP contribution in [-0.2, 0) is 25.7 Å². The molecule has 1 heterocycles. The average molecular weight is 435 g/mol. The van der Waals surface area contributed by atoms with E-state index in [0.717, 1.165) is 10.5 Å². The summed E-state index contributed by atoms with van der Waals surface area (Å²) >= 11 is 0. The van der Waals surface area contributed by atoms with Crippen molar-refractivity contribution in [1.29, 1.82) is 0 Å². The second kappa shape index (κ2) is 11.9. The zero-order valence-corrected chi connectivity index (χ0v) is 17.7. The molecule has 1 aromatic carbocycles. The average Bonchev–Trinajstić information content (AvgIpc) is 2.74. The number of carbonyl (C=O) groups is 4. The van der Waals surface area contributed by atoms with Crippen molar-refractivity contribution in [3.8, 4) is 0 Å². The summed E-state index contributed by atoms with van der Waals surface area (Å²) in [7, 11) is 3.11. The highest BCUT2D eigenvalue weighted by Crippen LogP contribution is 2.15. The molecule has 1 saturated heterocycles. The topological polar surface area (TPSA) is 132 Å². The molecule has 0 saturated carbocycles. The van der Waals surface area contributed by atoms with Crippen LogP contribution in [0.25, 0.3) is 0 Å². The summed E-state index contributed by atoms with van der Waals surface area (Å²) in [4.78, 5) is 50.4. The molecule has 0 unspecified atom stereocenters. The van der Waals surface area contributed by atoms with Crippen molar-refractivity contribution in [3.05, 3.63) is 35.9 Å². The van der Waals surface area contributed by atoms with Crippen molar-refractivity contribution in [2.75, 3.05) is 40.5 Å². The summed E-state index contributed by atoms with van der Waals surface area (Å²) < 4.78 is 4.92. The van der Waals surface area contributed by atoms with Crippen molar-refractivity contribution >= 4 is 23.8 Å². The molecule has 1 aromatic rings. The van der Waals surface area contributed by atoms with Crippen molar-refractivity contribution in [2.45, 2.75) is 25.4 Å². The number of methoxy groups -OCH3 is 1. The van der Waals surface area contributed by atoms with Gasteiger partial charge in [-0.15, -0.1) is 0 Å². The fraction of sp³-hybridized carbons (Fsp3) is 0.500. The number of carbonyl (C=O) groups excluding carboxylic acids is 3. The number of aliphatic carboxylic acids is 1. The minimum absolute atomic E-state index is 0.161. The number of nitrogens with one attached hydrogen (secondary N) is 2. The van der Waals surface area contributed by atoms with Gasteiger partial charge < -0.3 is 25.4 Å². The van der Waals surface area contributed by atoms with E-state index in [1.165, 1.54) is 17.1 Å². The van der Waals surface area contributed by atoms with Crippen LogP contribution in [-0.4, -0.2) is 90.4 Å². The molecule has 2 rings (SSSR count). The number of carboxylic acids is 1. The lowest BCUT2D eigenvalue weighted by molar-refractivity contribution is -0.160. The van der Waals surface area contributed by atoms with Crippen molar-refractivity contribution < 1.29 is 29.0 Å². The fourth-order valence-corrected chi connectivity index (χ4v) is 3.12. The zero-order valence-electron chi connectivity index (χ0n) is 17.7. The Balaban J connectivity index is 2.06. The molecule has 0 aliphatic carbocycles. The SMILES string of the molecule is COCCCNC(=O)[C@H](CC(=O)O)N1CN(C(=O)NCc2ccccc2)N(C)CC1=O. The van der Waals surface area contributed by atoms with E-state index in [2.05, 4.69) is 10.6 Å². The first-order valence-electron chi connectivity index (χ1n) is 9.91. The third-order valence-electron chi connectivity index (χ3n) is 4.78. The van der Waals surface area contributed by atoms with Gasteiger partial charge in [0.25, 0.3) is 0 Å². The van der Waals surface area contributed by atoms with Gasteiger partial charge in [0.05, 0.1) is 13.0 Å². The molecule has 170 valence electrons. The van der Waals surface area contributed by atoms with E-state index in [1.54, 1.807) is 7.05 Å². The molecule has 4 amide bonds. The maximum atomic E-state index is 12.7. The molecule has 0 bridgehead atoms. The lowest BCUT2D eigenvalue weighted by Crippen LogP contribution is -2.65. The Kier molecular flexibility index (Phi) is 9.22. The van der Waals surface area contributed by atoms with Crippen LogP contribution < -0.4 is 10.6 Å². The number of ether oxygens (including phenoxy) is 1. The number of carboxylic acid groups (broad SMARTS) is 1. The maximum absolute atomic E-state index is 12.7. The molecule has 1 aliphatic heterocycles. The lowest BCUT2D eigenvalue weighted by atomic mass is 10.1. The predicted molar refractivity (Wildman–Crippen MR) is 110 cm³/mol. The van der Waals surface area contributed by atoms with Crippen LogP contribution in [0.2, 0.25) is 0 Å². The van der Waals surface area contributed by atoms with Gasteiger partial charge in [0.2, 0.25) is 11.8 Å². The van der Waals surface area contributed by atoms with Gasteiger partial charge in [0, 0.05) is 33.9 Å². The molecular formula is C20H29N5O6. The number of urea groups is 1. The summed E-state index contributed by atoms with van der Waals surface area (Å²) in [6.07, 6.45) is -0.0161. The van der Waals surface area contributed by atoms with Crippen LogP contribution >= 0.6 is 0 Å². The highest BCUT2D eigenvalue weighted by molar-refractivity contribution is 5.92. The zero-order chi connectivity index (χ0) is 22.8. The molecule has 1 aliphatic rings. The number of benzene rings is 1. The van der Waals surface area contributed by atoms with Crippen LogP contribution in [0.4, 0.5) is 4.79 Å². The van der Waals surface area contributed by atoms with Crippen LogP contribution in [0.1, 0.15) is 18.4 Å². The van der Waals surface area contributed by atoms with E-state index in [-0.39, 0.29) is 26.3 Å². The number of hydrogen-bond acceptors (Lipinski definition) is 6. The summed E-state index contributed by atoms with van der Waals surface area (Å²) in [5, 5.41) is 17.4.